The number of benzene rings is 4. The van der Waals surface area contributed by atoms with Crippen LogP contribution in [0.25, 0.3) is 0 Å². The number of rotatable bonds is 10. The molecule has 0 radical (unpaired) electrons. The molecule has 4 aromatic rings. The second-order valence-electron chi connectivity index (χ2n) is 10.5. The maximum Gasteiger partial charge on any atom is 0.342 e. The van der Waals surface area contributed by atoms with Gasteiger partial charge in [0.05, 0.1) is 17.7 Å². The number of carbonyl (C=O) groups excluding carboxylic acids is 4. The largest absolute Gasteiger partial charge is 0.462 e. The Morgan fingerprint density at radius 3 is 1.44 bits per heavy atom. The molecule has 0 spiro atoms. The molecule has 0 unspecified atom stereocenters. The quantitative estimate of drug-likeness (QED) is 0.112. The molecule has 218 valence electrons. The van der Waals surface area contributed by atoms with Gasteiger partial charge in [-0.05, 0) is 47.8 Å². The molecule has 0 aliphatic carbocycles. The minimum absolute atomic E-state index is 0.0418. The lowest BCUT2D eigenvalue weighted by Crippen LogP contribution is -2.53. The molecule has 7 heteroatoms. The Morgan fingerprint density at radius 1 is 0.674 bits per heavy atom. The van der Waals surface area contributed by atoms with Gasteiger partial charge < -0.3 is 4.74 Å². The summed E-state index contributed by atoms with van der Waals surface area (Å²) >= 11 is 0. The highest BCUT2D eigenvalue weighted by atomic mass is 31.2. The van der Waals surface area contributed by atoms with E-state index in [9.17, 15) is 14.4 Å². The summed E-state index contributed by atoms with van der Waals surface area (Å²) in [5, 5.41) is 2.32. The molecular formula is C36H34NO5P. The van der Waals surface area contributed by atoms with Gasteiger partial charge in [-0.15, -0.1) is 0 Å². The Kier molecular flexibility index (Phi) is 8.89. The fourth-order valence-electron chi connectivity index (χ4n) is 5.85. The maximum atomic E-state index is 15.3. The molecule has 1 aliphatic rings. The smallest absolute Gasteiger partial charge is 0.342 e. The fraction of sp³-hybridized carbons (Fsp3) is 0.194. The number of carbonyl (C=O) groups is 4. The van der Waals surface area contributed by atoms with Gasteiger partial charge in [-0.3, -0.25) is 19.3 Å². The van der Waals surface area contributed by atoms with Gasteiger partial charge in [0.25, 0.3) is 11.8 Å². The first-order valence-electron chi connectivity index (χ1n) is 14.5. The van der Waals surface area contributed by atoms with E-state index in [1.807, 2.05) is 105 Å². The predicted octanol–water partition coefficient (Wildman–Crippen LogP) is 5.00. The van der Waals surface area contributed by atoms with E-state index >= 15 is 4.79 Å². The predicted molar refractivity (Wildman–Crippen MR) is 172 cm³/mol. The van der Waals surface area contributed by atoms with E-state index in [0.29, 0.717) is 6.42 Å². The molecule has 43 heavy (non-hydrogen) atoms. The first-order valence-corrected chi connectivity index (χ1v) is 16.3. The minimum Gasteiger partial charge on any atom is -0.462 e. The van der Waals surface area contributed by atoms with Crippen LogP contribution in [0.4, 0.5) is 0 Å². The summed E-state index contributed by atoms with van der Waals surface area (Å²) in [7, 11) is 0. The number of imide groups is 1. The van der Waals surface area contributed by atoms with Crippen LogP contribution in [-0.4, -0.2) is 46.4 Å². The minimum atomic E-state index is -3.22. The molecule has 2 amide bonds. The zero-order valence-corrected chi connectivity index (χ0v) is 25.4. The number of hydrogen-bond donors (Lipinski definition) is 0. The molecule has 0 aromatic heterocycles. The number of ether oxygens (including phenoxy) is 1. The molecular weight excluding hydrogens is 557 g/mol. The van der Waals surface area contributed by atoms with Crippen molar-refractivity contribution in [1.29, 1.82) is 0 Å². The highest BCUT2D eigenvalue weighted by Crippen LogP contribution is 2.47. The van der Waals surface area contributed by atoms with Crippen molar-refractivity contribution in [1.82, 2.24) is 4.90 Å². The normalized spacial score (nSPS) is 14.2. The van der Waals surface area contributed by atoms with Gasteiger partial charge in [0.15, 0.2) is 5.78 Å². The lowest BCUT2D eigenvalue weighted by atomic mass is 9.92. The molecule has 0 saturated carbocycles. The zero-order chi connectivity index (χ0) is 30.6. The molecule has 0 bridgehead atoms. The van der Waals surface area contributed by atoms with Crippen molar-refractivity contribution in [2.45, 2.75) is 33.2 Å². The lowest BCUT2D eigenvalue weighted by molar-refractivity contribution is -0.135. The van der Waals surface area contributed by atoms with E-state index in [1.54, 1.807) is 31.2 Å². The summed E-state index contributed by atoms with van der Waals surface area (Å²) in [4.78, 5) is 58.3. The van der Waals surface area contributed by atoms with Crippen molar-refractivity contribution in [3.05, 3.63) is 126 Å². The molecule has 5 rings (SSSR count). The topological polar surface area (TPSA) is 80.8 Å². The third-order valence-electron chi connectivity index (χ3n) is 8.02. The number of ketones is 1. The van der Waals surface area contributed by atoms with Gasteiger partial charge in [-0.1, -0.05) is 123 Å². The Labute approximate surface area is 252 Å². The molecule has 0 fully saturated rings. The van der Waals surface area contributed by atoms with Crippen molar-refractivity contribution in [2.24, 2.45) is 5.92 Å². The third kappa shape index (κ3) is 5.17. The van der Waals surface area contributed by atoms with Crippen LogP contribution in [-0.2, 0) is 14.3 Å². The van der Waals surface area contributed by atoms with Crippen LogP contribution in [0.5, 0.6) is 0 Å². The Morgan fingerprint density at radius 2 is 1.07 bits per heavy atom. The van der Waals surface area contributed by atoms with Crippen molar-refractivity contribution in [3.63, 3.8) is 0 Å². The van der Waals surface area contributed by atoms with E-state index in [1.165, 1.54) is 0 Å². The van der Waals surface area contributed by atoms with Gasteiger partial charge in [-0.25, -0.2) is 4.79 Å². The van der Waals surface area contributed by atoms with Crippen LogP contribution < -0.4 is 15.9 Å². The Bertz CT molecular complexity index is 1580. The number of fused-ring (bicyclic) bond motifs is 1. The molecule has 6 nitrogen and oxygen atoms in total. The molecule has 0 N–H and O–H groups in total. The van der Waals surface area contributed by atoms with Crippen molar-refractivity contribution < 1.29 is 23.9 Å². The molecule has 0 saturated heterocycles. The number of amides is 2. The molecule has 2 atom stereocenters. The molecule has 1 heterocycles. The second-order valence-corrected chi connectivity index (χ2v) is 13.8. The van der Waals surface area contributed by atoms with Crippen molar-refractivity contribution >= 4 is 51.7 Å². The summed E-state index contributed by atoms with van der Waals surface area (Å²) < 4.78 is 5.68. The Hall–Kier alpha value is -4.54. The number of nitrogens with zero attached hydrogens (tertiary/aromatic N) is 1. The average Bonchev–Trinajstić information content (AvgIpc) is 3.30. The molecule has 1 aliphatic heterocycles. The lowest BCUT2D eigenvalue weighted by Gasteiger charge is -2.35. The summed E-state index contributed by atoms with van der Waals surface area (Å²) in [5.41, 5.74) is 0.503. The molecule has 4 aromatic carbocycles. The van der Waals surface area contributed by atoms with Gasteiger partial charge in [-0.2, -0.15) is 0 Å². The summed E-state index contributed by atoms with van der Waals surface area (Å²) in [6.45, 7) is 2.27. The Balaban J connectivity index is 1.92. The van der Waals surface area contributed by atoms with E-state index in [4.69, 9.17) is 4.74 Å². The van der Waals surface area contributed by atoms with Gasteiger partial charge >= 0.3 is 5.97 Å². The van der Waals surface area contributed by atoms with E-state index in [-0.39, 0.29) is 23.0 Å². The van der Waals surface area contributed by atoms with Crippen LogP contribution in [0.3, 0.4) is 0 Å². The maximum absolute atomic E-state index is 15.3. The summed E-state index contributed by atoms with van der Waals surface area (Å²) in [6.07, 6.45) is 0.493. The average molecular weight is 592 g/mol. The first-order chi connectivity index (χ1) is 20.9. The van der Waals surface area contributed by atoms with Crippen LogP contribution in [0.1, 0.15) is 47.9 Å². The standard InChI is InChI=1S/C36H34NO5P/c1-4-25(3)31(37-34(39)29-23-15-16-24-30(29)35(37)40)32(38)33(36(41)42-5-2)43(26-17-9-6-10-18-26,27-19-11-7-12-20-27)28-21-13-8-14-22-28/h6-25,31H,4-5H2,1-3H3/t25-,31-/m0/s1. The van der Waals surface area contributed by atoms with Gasteiger partial charge in [0, 0.05) is 0 Å². The van der Waals surface area contributed by atoms with E-state index in [2.05, 4.69) is 0 Å². The van der Waals surface area contributed by atoms with E-state index < -0.39 is 42.4 Å². The van der Waals surface area contributed by atoms with E-state index in [0.717, 1.165) is 20.8 Å². The van der Waals surface area contributed by atoms with Crippen molar-refractivity contribution in [3.8, 4) is 0 Å². The summed E-state index contributed by atoms with van der Waals surface area (Å²) in [5.74, 6) is -2.84. The van der Waals surface area contributed by atoms with Crippen LogP contribution >= 0.6 is 6.89 Å². The van der Waals surface area contributed by atoms with Gasteiger partial charge in [0.1, 0.15) is 11.3 Å². The number of esters is 1. The zero-order valence-electron chi connectivity index (χ0n) is 24.5. The van der Waals surface area contributed by atoms with Crippen molar-refractivity contribution in [2.75, 3.05) is 6.61 Å². The SMILES string of the molecule is CCOC(=O)C(C(=O)[C@H]([C@@H](C)CC)N1C(=O)c2ccccc2C1=O)=P(c1ccccc1)(c1ccccc1)c1ccccc1. The third-order valence-corrected chi connectivity index (χ3v) is 12.3. The van der Waals surface area contributed by atoms with Gasteiger partial charge in [0.2, 0.25) is 0 Å². The highest BCUT2D eigenvalue weighted by molar-refractivity contribution is 7.97. The van der Waals surface area contributed by atoms with Crippen LogP contribution in [0.2, 0.25) is 0 Å². The number of Topliss-reactive ketones (excluding diaryl/α,β-unsaturated/α-hetero) is 1. The van der Waals surface area contributed by atoms with Crippen LogP contribution in [0.15, 0.2) is 115 Å². The highest BCUT2D eigenvalue weighted by Gasteiger charge is 2.48. The monoisotopic (exact) mass is 591 g/mol. The fourth-order valence-corrected chi connectivity index (χ4v) is 10.2. The second kappa shape index (κ2) is 12.8. The first kappa shape index (κ1) is 29.9. The van der Waals surface area contributed by atoms with Crippen LogP contribution in [0, 0.1) is 5.92 Å². The number of hydrogen-bond acceptors (Lipinski definition) is 5. The summed E-state index contributed by atoms with van der Waals surface area (Å²) in [6, 6.07) is 34.0.